The highest BCUT2D eigenvalue weighted by molar-refractivity contribution is 5.86. The molecule has 30 heavy (non-hydrogen) atoms. The molecule has 0 spiro atoms. The van der Waals surface area contributed by atoms with Gasteiger partial charge in [-0.15, -0.1) is 0 Å². The van der Waals surface area contributed by atoms with Crippen LogP contribution in [0.25, 0.3) is 0 Å². The van der Waals surface area contributed by atoms with Crippen LogP contribution in [-0.4, -0.2) is 42.8 Å². The second-order valence-electron chi connectivity index (χ2n) is 7.99. The quantitative estimate of drug-likeness (QED) is 0.474. The van der Waals surface area contributed by atoms with Crippen LogP contribution in [-0.2, 0) is 20.9 Å². The van der Waals surface area contributed by atoms with E-state index < -0.39 is 23.8 Å². The van der Waals surface area contributed by atoms with E-state index in [4.69, 9.17) is 9.47 Å². The Balaban J connectivity index is 2.54. The lowest BCUT2D eigenvalue weighted by Gasteiger charge is -2.23. The number of unbranched alkanes of at least 4 members (excludes halogenated alkanes) is 3. The first-order valence-corrected chi connectivity index (χ1v) is 10.4. The predicted octanol–water partition coefficient (Wildman–Crippen LogP) is 3.50. The van der Waals surface area contributed by atoms with E-state index in [0.29, 0.717) is 6.54 Å². The number of carbonyl (C=O) groups excluding carboxylic acids is 3. The molecular weight excluding hydrogens is 386 g/mol. The molecule has 168 valence electrons. The molecule has 0 aliphatic rings. The Labute approximate surface area is 179 Å². The maximum atomic E-state index is 12.5. The van der Waals surface area contributed by atoms with Crippen molar-refractivity contribution in [1.82, 2.24) is 16.0 Å². The molecule has 8 heteroatoms. The first-order chi connectivity index (χ1) is 14.2. The molecule has 0 heterocycles. The lowest BCUT2D eigenvalue weighted by atomic mass is 10.2. The van der Waals surface area contributed by atoms with Crippen LogP contribution in [0, 0.1) is 0 Å². The molecule has 3 amide bonds. The second kappa shape index (κ2) is 13.5. The van der Waals surface area contributed by atoms with E-state index in [1.807, 2.05) is 30.3 Å². The van der Waals surface area contributed by atoms with E-state index in [9.17, 15) is 14.4 Å². The lowest BCUT2D eigenvalue weighted by molar-refractivity contribution is -0.123. The van der Waals surface area contributed by atoms with Crippen molar-refractivity contribution < 1.29 is 23.9 Å². The summed E-state index contributed by atoms with van der Waals surface area (Å²) in [4.78, 5) is 36.6. The third-order valence-electron chi connectivity index (χ3n) is 4.00. The Morgan fingerprint density at radius 3 is 2.30 bits per heavy atom. The molecule has 1 atom stereocenters. The minimum Gasteiger partial charge on any atom is -0.445 e. The summed E-state index contributed by atoms with van der Waals surface area (Å²) in [5.41, 5.74) is 0.147. The van der Waals surface area contributed by atoms with Crippen molar-refractivity contribution in [3.63, 3.8) is 0 Å². The summed E-state index contributed by atoms with van der Waals surface area (Å²) in [7, 11) is 0. The third-order valence-corrected chi connectivity index (χ3v) is 4.00. The fraction of sp³-hybridized carbons (Fsp3) is 0.591. The summed E-state index contributed by atoms with van der Waals surface area (Å²) in [5.74, 6) is -0.388. The molecule has 0 aliphatic heterocycles. The molecule has 0 unspecified atom stereocenters. The van der Waals surface area contributed by atoms with Gasteiger partial charge in [0.2, 0.25) is 5.91 Å². The fourth-order valence-corrected chi connectivity index (χ4v) is 2.51. The van der Waals surface area contributed by atoms with Gasteiger partial charge in [-0.25, -0.2) is 9.59 Å². The molecule has 0 bridgehead atoms. The van der Waals surface area contributed by atoms with Crippen molar-refractivity contribution in [3.8, 4) is 0 Å². The SMILES string of the molecule is CCCCCCNC(=O)[C@H](CNC(=O)OCc1ccccc1)NC(=O)OC(C)(C)C. The molecule has 1 rings (SSSR count). The average Bonchev–Trinajstić information content (AvgIpc) is 2.68. The largest absolute Gasteiger partial charge is 0.445 e. The maximum Gasteiger partial charge on any atom is 0.408 e. The van der Waals surface area contributed by atoms with Gasteiger partial charge in [0.1, 0.15) is 18.2 Å². The van der Waals surface area contributed by atoms with Gasteiger partial charge in [0.05, 0.1) is 6.54 Å². The zero-order valence-corrected chi connectivity index (χ0v) is 18.5. The van der Waals surface area contributed by atoms with Gasteiger partial charge in [0.25, 0.3) is 0 Å². The van der Waals surface area contributed by atoms with Crippen molar-refractivity contribution in [2.24, 2.45) is 0 Å². The number of nitrogens with one attached hydrogen (secondary N) is 3. The topological polar surface area (TPSA) is 106 Å². The smallest absolute Gasteiger partial charge is 0.408 e. The molecule has 3 N–H and O–H groups in total. The molecule has 1 aromatic carbocycles. The van der Waals surface area contributed by atoms with Gasteiger partial charge in [-0.2, -0.15) is 0 Å². The Morgan fingerprint density at radius 2 is 1.67 bits per heavy atom. The van der Waals surface area contributed by atoms with Gasteiger partial charge >= 0.3 is 12.2 Å². The number of ether oxygens (including phenoxy) is 2. The normalized spacial score (nSPS) is 11.9. The monoisotopic (exact) mass is 421 g/mol. The number of alkyl carbamates (subject to hydrolysis) is 2. The zero-order chi connectivity index (χ0) is 22.4. The zero-order valence-electron chi connectivity index (χ0n) is 18.5. The highest BCUT2D eigenvalue weighted by atomic mass is 16.6. The van der Waals surface area contributed by atoms with Crippen molar-refractivity contribution >= 4 is 18.1 Å². The minimum atomic E-state index is -0.977. The third kappa shape index (κ3) is 11.9. The summed E-state index contributed by atoms with van der Waals surface area (Å²) in [6.45, 7) is 7.80. The van der Waals surface area contributed by atoms with Gasteiger partial charge < -0.3 is 25.4 Å². The van der Waals surface area contributed by atoms with Gasteiger partial charge in [0.15, 0.2) is 0 Å². The van der Waals surface area contributed by atoms with E-state index in [2.05, 4.69) is 22.9 Å². The molecule has 8 nitrogen and oxygen atoms in total. The van der Waals surface area contributed by atoms with Crippen LogP contribution in [0.1, 0.15) is 58.9 Å². The number of hydrogen-bond acceptors (Lipinski definition) is 5. The minimum absolute atomic E-state index is 0.112. The van der Waals surface area contributed by atoms with Gasteiger partial charge in [-0.3, -0.25) is 4.79 Å². The molecule has 0 radical (unpaired) electrons. The van der Waals surface area contributed by atoms with E-state index in [1.165, 1.54) is 0 Å². The molecule has 0 aromatic heterocycles. The molecule has 1 aromatic rings. The second-order valence-corrected chi connectivity index (χ2v) is 7.99. The number of amides is 3. The summed E-state index contributed by atoms with van der Waals surface area (Å²) < 4.78 is 10.4. The van der Waals surface area contributed by atoms with E-state index >= 15 is 0 Å². The molecule has 0 fully saturated rings. The molecule has 0 saturated carbocycles. The Bertz CT molecular complexity index is 658. The van der Waals surface area contributed by atoms with Crippen molar-refractivity contribution in [1.29, 1.82) is 0 Å². The summed E-state index contributed by atoms with van der Waals surface area (Å²) in [6.07, 6.45) is 2.67. The van der Waals surface area contributed by atoms with Crippen LogP contribution in [0.3, 0.4) is 0 Å². The average molecular weight is 422 g/mol. The number of benzene rings is 1. The van der Waals surface area contributed by atoms with Gasteiger partial charge in [0, 0.05) is 6.54 Å². The number of hydrogen-bond donors (Lipinski definition) is 3. The fourth-order valence-electron chi connectivity index (χ4n) is 2.51. The van der Waals surface area contributed by atoms with Crippen LogP contribution in [0.15, 0.2) is 30.3 Å². The Kier molecular flexibility index (Phi) is 11.3. The highest BCUT2D eigenvalue weighted by Gasteiger charge is 2.25. The Hall–Kier alpha value is -2.77. The van der Waals surface area contributed by atoms with Crippen LogP contribution in [0.2, 0.25) is 0 Å². The number of rotatable bonds is 11. The lowest BCUT2D eigenvalue weighted by Crippen LogP contribution is -2.53. The van der Waals surface area contributed by atoms with E-state index in [1.54, 1.807) is 20.8 Å². The van der Waals surface area contributed by atoms with Gasteiger partial charge in [-0.05, 0) is 32.8 Å². The van der Waals surface area contributed by atoms with Crippen LogP contribution in [0.5, 0.6) is 0 Å². The van der Waals surface area contributed by atoms with Crippen LogP contribution >= 0.6 is 0 Å². The Morgan fingerprint density at radius 1 is 0.967 bits per heavy atom. The number of carbonyl (C=O) groups is 3. The van der Waals surface area contributed by atoms with E-state index in [-0.39, 0.29) is 19.1 Å². The first-order valence-electron chi connectivity index (χ1n) is 10.4. The highest BCUT2D eigenvalue weighted by Crippen LogP contribution is 2.07. The summed E-state index contributed by atoms with van der Waals surface area (Å²) in [6, 6.07) is 8.27. The van der Waals surface area contributed by atoms with Crippen molar-refractivity contribution in [3.05, 3.63) is 35.9 Å². The maximum absolute atomic E-state index is 12.5. The van der Waals surface area contributed by atoms with Crippen molar-refractivity contribution in [2.45, 2.75) is 71.6 Å². The predicted molar refractivity (Wildman–Crippen MR) is 115 cm³/mol. The molecular formula is C22H35N3O5. The van der Waals surface area contributed by atoms with Crippen LogP contribution < -0.4 is 16.0 Å². The summed E-state index contributed by atoms with van der Waals surface area (Å²) >= 11 is 0. The van der Waals surface area contributed by atoms with Crippen LogP contribution in [0.4, 0.5) is 9.59 Å². The first kappa shape index (κ1) is 25.3. The van der Waals surface area contributed by atoms with E-state index in [0.717, 1.165) is 31.2 Å². The van der Waals surface area contributed by atoms with Gasteiger partial charge in [-0.1, -0.05) is 56.5 Å². The molecule has 0 saturated heterocycles. The summed E-state index contributed by atoms with van der Waals surface area (Å²) in [5, 5.41) is 7.82. The molecule has 0 aliphatic carbocycles. The van der Waals surface area contributed by atoms with Crippen molar-refractivity contribution in [2.75, 3.05) is 13.1 Å². The standard InChI is InChI=1S/C22H35N3O5/c1-5-6-7-11-14-23-19(26)18(25-21(28)30-22(2,3)4)15-24-20(27)29-16-17-12-9-8-10-13-17/h8-10,12-13,18H,5-7,11,14-16H2,1-4H3,(H,23,26)(H,24,27)(H,25,28)/t18-/m0/s1.